The van der Waals surface area contributed by atoms with Gasteiger partial charge in [0.05, 0.1) is 6.26 Å². The van der Waals surface area contributed by atoms with Gasteiger partial charge in [-0.2, -0.15) is 0 Å². The lowest BCUT2D eigenvalue weighted by Gasteiger charge is -2.22. The molecule has 2 aromatic carbocycles. The van der Waals surface area contributed by atoms with Gasteiger partial charge in [-0.25, -0.2) is 0 Å². The number of carbonyl (C=O) groups excluding carboxylic acids is 3. The van der Waals surface area contributed by atoms with Gasteiger partial charge in [0.25, 0.3) is 11.8 Å². The van der Waals surface area contributed by atoms with Gasteiger partial charge in [0.1, 0.15) is 6.04 Å². The molecule has 3 N–H and O–H groups in total. The van der Waals surface area contributed by atoms with Crippen LogP contribution in [0.3, 0.4) is 0 Å². The number of amides is 3. The van der Waals surface area contributed by atoms with Crippen LogP contribution < -0.4 is 16.0 Å². The number of aryl methyl sites for hydroxylation is 1. The molecule has 0 radical (unpaired) electrons. The number of benzene rings is 2. The topological polar surface area (TPSA) is 100 Å². The first-order valence-electron chi connectivity index (χ1n) is 9.97. The highest BCUT2D eigenvalue weighted by atomic mass is 16.3. The Hall–Kier alpha value is -3.87. The van der Waals surface area contributed by atoms with E-state index < -0.39 is 6.04 Å². The highest BCUT2D eigenvalue weighted by Gasteiger charge is 2.25. The van der Waals surface area contributed by atoms with E-state index in [0.29, 0.717) is 16.9 Å². The van der Waals surface area contributed by atoms with E-state index >= 15 is 0 Å². The van der Waals surface area contributed by atoms with Crippen LogP contribution in [0.25, 0.3) is 0 Å². The minimum absolute atomic E-state index is 0.111. The zero-order valence-corrected chi connectivity index (χ0v) is 17.6. The third-order valence-electron chi connectivity index (χ3n) is 4.78. The quantitative estimate of drug-likeness (QED) is 0.533. The second-order valence-electron chi connectivity index (χ2n) is 7.51. The van der Waals surface area contributed by atoms with Crippen molar-refractivity contribution in [2.75, 3.05) is 10.6 Å². The smallest absolute Gasteiger partial charge is 0.291 e. The molecule has 0 aliphatic rings. The molecule has 3 rings (SSSR count). The van der Waals surface area contributed by atoms with Gasteiger partial charge < -0.3 is 20.4 Å². The Bertz CT molecular complexity index is 1060. The van der Waals surface area contributed by atoms with Crippen molar-refractivity contribution in [1.82, 2.24) is 5.32 Å². The Kier molecular flexibility index (Phi) is 6.87. The number of hydrogen-bond donors (Lipinski definition) is 3. The Balaban J connectivity index is 1.63. The third-order valence-corrected chi connectivity index (χ3v) is 4.78. The summed E-state index contributed by atoms with van der Waals surface area (Å²) in [5.41, 5.74) is 2.50. The molecule has 1 aromatic heterocycles. The van der Waals surface area contributed by atoms with E-state index in [0.717, 1.165) is 5.56 Å². The molecule has 1 unspecified atom stereocenters. The van der Waals surface area contributed by atoms with Gasteiger partial charge in [0.15, 0.2) is 5.76 Å². The third kappa shape index (κ3) is 5.60. The first kappa shape index (κ1) is 21.8. The van der Waals surface area contributed by atoms with Gasteiger partial charge in [-0.1, -0.05) is 32.0 Å². The predicted octanol–water partition coefficient (Wildman–Crippen LogP) is 4.23. The summed E-state index contributed by atoms with van der Waals surface area (Å²) in [6, 6.07) is 16.4. The normalized spacial score (nSPS) is 11.6. The second-order valence-corrected chi connectivity index (χ2v) is 7.51. The van der Waals surface area contributed by atoms with E-state index in [4.69, 9.17) is 4.42 Å². The molecule has 0 spiro atoms. The van der Waals surface area contributed by atoms with Crippen molar-refractivity contribution in [3.05, 3.63) is 83.8 Å². The first-order chi connectivity index (χ1) is 14.8. The van der Waals surface area contributed by atoms with E-state index in [1.54, 1.807) is 48.5 Å². The van der Waals surface area contributed by atoms with E-state index in [2.05, 4.69) is 16.0 Å². The number of nitrogens with one attached hydrogen (secondary N) is 3. The summed E-state index contributed by atoms with van der Waals surface area (Å²) in [4.78, 5) is 37.5. The van der Waals surface area contributed by atoms with Crippen molar-refractivity contribution in [2.45, 2.75) is 26.8 Å². The highest BCUT2D eigenvalue weighted by Crippen LogP contribution is 2.16. The van der Waals surface area contributed by atoms with Crippen LogP contribution in [0.5, 0.6) is 0 Å². The monoisotopic (exact) mass is 419 g/mol. The molecular formula is C24H25N3O4. The minimum Gasteiger partial charge on any atom is -0.459 e. The highest BCUT2D eigenvalue weighted by molar-refractivity contribution is 6.03. The fourth-order valence-corrected chi connectivity index (χ4v) is 3.04. The van der Waals surface area contributed by atoms with E-state index in [1.807, 2.05) is 32.9 Å². The number of carbonyl (C=O) groups is 3. The van der Waals surface area contributed by atoms with E-state index in [1.165, 1.54) is 6.26 Å². The summed E-state index contributed by atoms with van der Waals surface area (Å²) in [5, 5.41) is 8.36. The van der Waals surface area contributed by atoms with Crippen molar-refractivity contribution in [3.8, 4) is 0 Å². The summed E-state index contributed by atoms with van der Waals surface area (Å²) >= 11 is 0. The molecule has 7 heteroatoms. The largest absolute Gasteiger partial charge is 0.459 e. The van der Waals surface area contributed by atoms with Crippen LogP contribution >= 0.6 is 0 Å². The SMILES string of the molecule is Cc1ccccc1C(=O)NC(C(=O)Nc1ccc(NC(=O)c2ccco2)cc1)C(C)C. The lowest BCUT2D eigenvalue weighted by atomic mass is 10.0. The molecule has 0 fully saturated rings. The van der Waals surface area contributed by atoms with Crippen LogP contribution in [-0.2, 0) is 4.79 Å². The summed E-state index contributed by atoms with van der Waals surface area (Å²) in [6.45, 7) is 5.59. The van der Waals surface area contributed by atoms with Gasteiger partial charge in [0, 0.05) is 16.9 Å². The van der Waals surface area contributed by atoms with E-state index in [-0.39, 0.29) is 29.4 Å². The Morgan fingerprint density at radius 3 is 2.03 bits per heavy atom. The van der Waals surface area contributed by atoms with Crippen LogP contribution in [0.15, 0.2) is 71.3 Å². The number of furan rings is 1. The van der Waals surface area contributed by atoms with Crippen LogP contribution in [0.2, 0.25) is 0 Å². The summed E-state index contributed by atoms with van der Waals surface area (Å²) in [7, 11) is 0. The molecule has 1 heterocycles. The van der Waals surface area contributed by atoms with Crippen molar-refractivity contribution >= 4 is 29.1 Å². The number of rotatable bonds is 7. The Morgan fingerprint density at radius 2 is 1.45 bits per heavy atom. The van der Waals surface area contributed by atoms with Gasteiger partial charge in [-0.3, -0.25) is 14.4 Å². The van der Waals surface area contributed by atoms with E-state index in [9.17, 15) is 14.4 Å². The lowest BCUT2D eigenvalue weighted by molar-refractivity contribution is -0.118. The summed E-state index contributed by atoms with van der Waals surface area (Å²) in [5.74, 6) is -0.866. The number of hydrogen-bond acceptors (Lipinski definition) is 4. The molecule has 1 atom stereocenters. The molecule has 0 aliphatic heterocycles. The first-order valence-corrected chi connectivity index (χ1v) is 9.97. The fraction of sp³-hybridized carbons (Fsp3) is 0.208. The van der Waals surface area contributed by atoms with Crippen molar-refractivity contribution in [1.29, 1.82) is 0 Å². The van der Waals surface area contributed by atoms with Crippen LogP contribution in [-0.4, -0.2) is 23.8 Å². The van der Waals surface area contributed by atoms with Crippen molar-refractivity contribution in [2.24, 2.45) is 5.92 Å². The maximum atomic E-state index is 12.8. The zero-order valence-electron chi connectivity index (χ0n) is 17.6. The summed E-state index contributed by atoms with van der Waals surface area (Å²) in [6.07, 6.45) is 1.43. The Morgan fingerprint density at radius 1 is 0.806 bits per heavy atom. The van der Waals surface area contributed by atoms with Crippen molar-refractivity contribution < 1.29 is 18.8 Å². The average molecular weight is 419 g/mol. The molecule has 3 amide bonds. The Labute approximate surface area is 180 Å². The molecule has 0 aliphatic carbocycles. The molecule has 7 nitrogen and oxygen atoms in total. The predicted molar refractivity (Wildman–Crippen MR) is 119 cm³/mol. The maximum absolute atomic E-state index is 12.8. The average Bonchev–Trinajstić information content (AvgIpc) is 3.28. The fourth-order valence-electron chi connectivity index (χ4n) is 3.04. The molecule has 0 bridgehead atoms. The minimum atomic E-state index is -0.703. The molecular weight excluding hydrogens is 394 g/mol. The van der Waals surface area contributed by atoms with Gasteiger partial charge in [-0.05, 0) is 60.9 Å². The maximum Gasteiger partial charge on any atom is 0.291 e. The molecule has 3 aromatic rings. The van der Waals surface area contributed by atoms with Crippen LogP contribution in [0.4, 0.5) is 11.4 Å². The summed E-state index contributed by atoms with van der Waals surface area (Å²) < 4.78 is 5.06. The van der Waals surface area contributed by atoms with Crippen LogP contribution in [0, 0.1) is 12.8 Å². The molecule has 0 saturated carbocycles. The van der Waals surface area contributed by atoms with Gasteiger partial charge >= 0.3 is 0 Å². The molecule has 31 heavy (non-hydrogen) atoms. The van der Waals surface area contributed by atoms with Crippen LogP contribution in [0.1, 0.15) is 40.3 Å². The van der Waals surface area contributed by atoms with Gasteiger partial charge in [-0.15, -0.1) is 0 Å². The van der Waals surface area contributed by atoms with Gasteiger partial charge in [0.2, 0.25) is 5.91 Å². The lowest BCUT2D eigenvalue weighted by Crippen LogP contribution is -2.47. The zero-order chi connectivity index (χ0) is 22.4. The second kappa shape index (κ2) is 9.75. The molecule has 0 saturated heterocycles. The standard InChI is InChI=1S/C24H25N3O4/c1-15(2)21(27-22(28)19-8-5-4-7-16(19)3)24(30)26-18-12-10-17(11-13-18)25-23(29)20-9-6-14-31-20/h4-15,21H,1-3H3,(H,25,29)(H,26,30)(H,27,28). The van der Waals surface area contributed by atoms with Crippen molar-refractivity contribution in [3.63, 3.8) is 0 Å². The number of anilines is 2. The molecule has 160 valence electrons.